The van der Waals surface area contributed by atoms with E-state index in [0.717, 1.165) is 6.42 Å². The van der Waals surface area contributed by atoms with Crippen LogP contribution in [-0.4, -0.2) is 23.5 Å². The van der Waals surface area contributed by atoms with Gasteiger partial charge >= 0.3 is 5.97 Å². The Kier molecular flexibility index (Phi) is 1.67. The summed E-state index contributed by atoms with van der Waals surface area (Å²) < 4.78 is 4.55. The van der Waals surface area contributed by atoms with E-state index >= 15 is 0 Å². The summed E-state index contributed by atoms with van der Waals surface area (Å²) in [6.07, 6.45) is 1.28. The molecule has 1 heterocycles. The SMILES string of the molecule is O=C1OCCC/C1=N/O. The topological polar surface area (TPSA) is 58.9 Å². The van der Waals surface area contributed by atoms with Crippen LogP contribution in [0.3, 0.4) is 0 Å². The molecule has 0 saturated carbocycles. The average Bonchev–Trinajstić information content (AvgIpc) is 1.89. The molecular formula is C5H7NO3. The standard InChI is InChI=1S/C5H7NO3/c7-5-4(6-8)2-1-3-9-5/h8H,1-3H2/b6-4-. The lowest BCUT2D eigenvalue weighted by Crippen LogP contribution is -2.23. The molecule has 0 aromatic carbocycles. The third kappa shape index (κ3) is 1.19. The number of rotatable bonds is 0. The second-order valence-electron chi connectivity index (χ2n) is 1.79. The maximum absolute atomic E-state index is 10.5. The molecule has 0 atom stereocenters. The molecule has 1 saturated heterocycles. The molecule has 0 aromatic heterocycles. The second kappa shape index (κ2) is 2.48. The Hall–Kier alpha value is -1.06. The summed E-state index contributed by atoms with van der Waals surface area (Å²) in [6.45, 7) is 0.442. The molecule has 1 fully saturated rings. The average molecular weight is 129 g/mol. The van der Waals surface area contributed by atoms with Gasteiger partial charge in [0.15, 0.2) is 5.71 Å². The van der Waals surface area contributed by atoms with Crippen LogP contribution < -0.4 is 0 Å². The maximum Gasteiger partial charge on any atom is 0.356 e. The molecule has 1 rings (SSSR count). The van der Waals surface area contributed by atoms with Crippen molar-refractivity contribution >= 4 is 11.7 Å². The van der Waals surface area contributed by atoms with E-state index in [1.165, 1.54) is 0 Å². The Labute approximate surface area is 52.1 Å². The van der Waals surface area contributed by atoms with Crippen molar-refractivity contribution < 1.29 is 14.7 Å². The van der Waals surface area contributed by atoms with Crippen LogP contribution in [0.15, 0.2) is 5.16 Å². The van der Waals surface area contributed by atoms with Gasteiger partial charge in [-0.3, -0.25) is 0 Å². The van der Waals surface area contributed by atoms with Crippen LogP contribution in [0.2, 0.25) is 0 Å². The van der Waals surface area contributed by atoms with Gasteiger partial charge in [0.05, 0.1) is 6.61 Å². The number of esters is 1. The van der Waals surface area contributed by atoms with E-state index in [4.69, 9.17) is 5.21 Å². The summed E-state index contributed by atoms with van der Waals surface area (Å²) in [4.78, 5) is 10.5. The molecular weight excluding hydrogens is 122 g/mol. The molecule has 1 aliphatic rings. The number of ether oxygens (including phenoxy) is 1. The fourth-order valence-corrected chi connectivity index (χ4v) is 0.681. The van der Waals surface area contributed by atoms with E-state index < -0.39 is 5.97 Å². The Morgan fingerprint density at radius 1 is 1.67 bits per heavy atom. The second-order valence-corrected chi connectivity index (χ2v) is 1.79. The Morgan fingerprint density at radius 3 is 2.89 bits per heavy atom. The van der Waals surface area contributed by atoms with Crippen molar-refractivity contribution in [3.05, 3.63) is 0 Å². The van der Waals surface area contributed by atoms with Gasteiger partial charge in [-0.25, -0.2) is 4.79 Å². The van der Waals surface area contributed by atoms with Crippen LogP contribution in [0.5, 0.6) is 0 Å². The van der Waals surface area contributed by atoms with E-state index in [9.17, 15) is 4.79 Å². The predicted molar refractivity (Wildman–Crippen MR) is 29.4 cm³/mol. The molecule has 0 spiro atoms. The highest BCUT2D eigenvalue weighted by Crippen LogP contribution is 2.02. The fraction of sp³-hybridized carbons (Fsp3) is 0.600. The smallest absolute Gasteiger partial charge is 0.356 e. The van der Waals surface area contributed by atoms with Crippen molar-refractivity contribution in [2.45, 2.75) is 12.8 Å². The molecule has 4 nitrogen and oxygen atoms in total. The number of hydrogen-bond acceptors (Lipinski definition) is 4. The third-order valence-electron chi connectivity index (χ3n) is 1.15. The number of carbonyl (C=O) groups excluding carboxylic acids is 1. The first-order chi connectivity index (χ1) is 4.34. The van der Waals surface area contributed by atoms with Crippen molar-refractivity contribution in [3.8, 4) is 0 Å². The predicted octanol–water partition coefficient (Wildman–Crippen LogP) is 0.154. The van der Waals surface area contributed by atoms with Gasteiger partial charge in [0, 0.05) is 6.42 Å². The van der Waals surface area contributed by atoms with Gasteiger partial charge in [0.25, 0.3) is 0 Å². The minimum Gasteiger partial charge on any atom is -0.461 e. The van der Waals surface area contributed by atoms with Crippen LogP contribution in [-0.2, 0) is 9.53 Å². The first-order valence-corrected chi connectivity index (χ1v) is 2.72. The van der Waals surface area contributed by atoms with Crippen LogP contribution in [0.1, 0.15) is 12.8 Å². The monoisotopic (exact) mass is 129 g/mol. The van der Waals surface area contributed by atoms with E-state index in [1.807, 2.05) is 0 Å². The van der Waals surface area contributed by atoms with E-state index in [-0.39, 0.29) is 5.71 Å². The van der Waals surface area contributed by atoms with E-state index in [1.54, 1.807) is 0 Å². The molecule has 0 aromatic rings. The number of oxime groups is 1. The van der Waals surface area contributed by atoms with E-state index in [2.05, 4.69) is 9.89 Å². The number of hydrogen-bond donors (Lipinski definition) is 1. The van der Waals surface area contributed by atoms with Gasteiger partial charge in [-0.15, -0.1) is 0 Å². The summed E-state index contributed by atoms with van der Waals surface area (Å²) in [6, 6.07) is 0. The fourth-order valence-electron chi connectivity index (χ4n) is 0.681. The quantitative estimate of drug-likeness (QED) is 0.288. The van der Waals surface area contributed by atoms with Crippen molar-refractivity contribution in [2.75, 3.05) is 6.61 Å². The van der Waals surface area contributed by atoms with Gasteiger partial charge in [-0.05, 0) is 6.42 Å². The molecule has 9 heavy (non-hydrogen) atoms. The summed E-state index contributed by atoms with van der Waals surface area (Å²) >= 11 is 0. The molecule has 50 valence electrons. The molecule has 0 amide bonds. The van der Waals surface area contributed by atoms with Gasteiger partial charge in [0.2, 0.25) is 0 Å². The van der Waals surface area contributed by atoms with Gasteiger partial charge in [-0.2, -0.15) is 0 Å². The molecule has 1 aliphatic heterocycles. The molecule has 4 heteroatoms. The van der Waals surface area contributed by atoms with Crippen molar-refractivity contribution in [1.82, 2.24) is 0 Å². The van der Waals surface area contributed by atoms with Crippen LogP contribution >= 0.6 is 0 Å². The molecule has 0 aliphatic carbocycles. The minimum absolute atomic E-state index is 0.126. The summed E-state index contributed by atoms with van der Waals surface area (Å²) in [7, 11) is 0. The zero-order valence-corrected chi connectivity index (χ0v) is 4.83. The third-order valence-corrected chi connectivity index (χ3v) is 1.15. The number of cyclic esters (lactones) is 1. The van der Waals surface area contributed by atoms with Crippen LogP contribution in [0.4, 0.5) is 0 Å². The Bertz CT molecular complexity index is 152. The van der Waals surface area contributed by atoms with Crippen molar-refractivity contribution in [1.29, 1.82) is 0 Å². The lowest BCUT2D eigenvalue weighted by Gasteiger charge is -2.10. The molecule has 0 radical (unpaired) electrons. The summed E-state index contributed by atoms with van der Waals surface area (Å²) in [5.74, 6) is -0.497. The van der Waals surface area contributed by atoms with Crippen molar-refractivity contribution in [2.24, 2.45) is 5.16 Å². The molecule has 1 N–H and O–H groups in total. The zero-order chi connectivity index (χ0) is 6.69. The molecule has 0 bridgehead atoms. The summed E-state index contributed by atoms with van der Waals surface area (Å²) in [5.41, 5.74) is 0.126. The number of nitrogens with zero attached hydrogens (tertiary/aromatic N) is 1. The van der Waals surface area contributed by atoms with Crippen molar-refractivity contribution in [3.63, 3.8) is 0 Å². The van der Waals surface area contributed by atoms with Gasteiger partial charge in [-0.1, -0.05) is 5.16 Å². The highest BCUT2D eigenvalue weighted by atomic mass is 16.5. The first kappa shape index (κ1) is 6.07. The molecule has 0 unspecified atom stereocenters. The lowest BCUT2D eigenvalue weighted by atomic mass is 10.2. The van der Waals surface area contributed by atoms with Gasteiger partial charge < -0.3 is 9.94 Å². The largest absolute Gasteiger partial charge is 0.461 e. The Morgan fingerprint density at radius 2 is 2.44 bits per heavy atom. The Balaban J connectivity index is 2.60. The summed E-state index contributed by atoms with van der Waals surface area (Å²) in [5, 5.41) is 10.9. The maximum atomic E-state index is 10.5. The minimum atomic E-state index is -0.497. The normalized spacial score (nSPS) is 24.0. The zero-order valence-electron chi connectivity index (χ0n) is 4.83. The highest BCUT2D eigenvalue weighted by Gasteiger charge is 2.17. The van der Waals surface area contributed by atoms with E-state index in [0.29, 0.717) is 13.0 Å². The number of carbonyl (C=O) groups is 1. The first-order valence-electron chi connectivity index (χ1n) is 2.72. The van der Waals surface area contributed by atoms with Crippen LogP contribution in [0.25, 0.3) is 0 Å². The van der Waals surface area contributed by atoms with Crippen LogP contribution in [0, 0.1) is 0 Å². The lowest BCUT2D eigenvalue weighted by molar-refractivity contribution is -0.137. The van der Waals surface area contributed by atoms with Gasteiger partial charge in [0.1, 0.15) is 0 Å². The highest BCUT2D eigenvalue weighted by molar-refractivity contribution is 6.36.